The molecule has 0 spiro atoms. The van der Waals surface area contributed by atoms with Crippen molar-refractivity contribution in [2.75, 3.05) is 0 Å². The zero-order chi connectivity index (χ0) is 15.6. The van der Waals surface area contributed by atoms with E-state index in [4.69, 9.17) is 10.5 Å². The summed E-state index contributed by atoms with van der Waals surface area (Å²) in [7, 11) is 0. The molecule has 2 aromatic rings. The van der Waals surface area contributed by atoms with Crippen LogP contribution >= 0.6 is 15.9 Å². The van der Waals surface area contributed by atoms with Crippen molar-refractivity contribution in [3.05, 3.63) is 62.4 Å². The molecule has 0 fully saturated rings. The van der Waals surface area contributed by atoms with Crippen LogP contribution in [0.3, 0.4) is 0 Å². The number of nitrogens with zero attached hydrogens (tertiary/aromatic N) is 1. The minimum absolute atomic E-state index is 0.0336. The lowest BCUT2D eigenvalue weighted by Crippen LogP contribution is -2.08. The fourth-order valence-electron chi connectivity index (χ4n) is 1.82. The molecule has 0 aliphatic heterocycles. The summed E-state index contributed by atoms with van der Waals surface area (Å²) in [5.74, 6) is -0.465. The summed E-state index contributed by atoms with van der Waals surface area (Å²) < 4.78 is 19.6. The molecule has 2 aromatic carbocycles. The largest absolute Gasteiger partial charge is 0.452 e. The molecule has 0 aromatic heterocycles. The number of nitro benzene ring substituents is 1. The van der Waals surface area contributed by atoms with Gasteiger partial charge in [-0.15, -0.1) is 0 Å². The Hall–Kier alpha value is -1.99. The monoisotopic (exact) mass is 354 g/mol. The predicted molar refractivity (Wildman–Crippen MR) is 79.9 cm³/mol. The summed E-state index contributed by atoms with van der Waals surface area (Å²) in [4.78, 5) is 10.3. The number of nitrogens with two attached hydrogens (primary N) is 1. The van der Waals surface area contributed by atoms with Gasteiger partial charge in [-0.05, 0) is 35.0 Å². The summed E-state index contributed by atoms with van der Waals surface area (Å²) in [5, 5.41) is 10.9. The van der Waals surface area contributed by atoms with Crippen LogP contribution in [0.2, 0.25) is 0 Å². The Kier molecular flexibility index (Phi) is 4.54. The van der Waals surface area contributed by atoms with E-state index in [0.29, 0.717) is 5.56 Å². The number of nitro groups is 1. The van der Waals surface area contributed by atoms with Crippen molar-refractivity contribution >= 4 is 21.6 Å². The first-order chi connectivity index (χ1) is 9.91. The molecule has 0 aliphatic carbocycles. The molecule has 2 N–H and O–H groups in total. The number of benzene rings is 2. The Bertz CT molecular complexity index is 692. The molecular weight excluding hydrogens is 343 g/mol. The van der Waals surface area contributed by atoms with E-state index in [1.807, 2.05) is 0 Å². The first-order valence-electron chi connectivity index (χ1n) is 6.06. The minimum Gasteiger partial charge on any atom is -0.452 e. The van der Waals surface area contributed by atoms with Crippen molar-refractivity contribution in [2.24, 2.45) is 5.73 Å². The molecule has 5 nitrogen and oxygen atoms in total. The molecule has 0 heterocycles. The van der Waals surface area contributed by atoms with Gasteiger partial charge in [-0.3, -0.25) is 10.1 Å². The highest BCUT2D eigenvalue weighted by atomic mass is 79.9. The second kappa shape index (κ2) is 6.19. The molecule has 21 heavy (non-hydrogen) atoms. The highest BCUT2D eigenvalue weighted by Crippen LogP contribution is 2.39. The molecule has 0 saturated carbocycles. The number of hydrogen-bond acceptors (Lipinski definition) is 4. The van der Waals surface area contributed by atoms with Crippen LogP contribution in [-0.2, 0) is 0 Å². The normalized spacial score (nSPS) is 12.0. The topological polar surface area (TPSA) is 78.4 Å². The van der Waals surface area contributed by atoms with Gasteiger partial charge in [0.2, 0.25) is 0 Å². The standard InChI is InChI=1S/C14H12BrFN2O3/c1-8(17)9-4-2-5-10(16)14(9)21-12-7-3-6-11(13(12)15)18(19)20/h2-8H,17H2,1H3/t8-/m0/s1. The van der Waals surface area contributed by atoms with Crippen molar-refractivity contribution in [3.63, 3.8) is 0 Å². The lowest BCUT2D eigenvalue weighted by molar-refractivity contribution is -0.385. The average molecular weight is 355 g/mol. The molecule has 0 unspecified atom stereocenters. The van der Waals surface area contributed by atoms with Crippen LogP contribution in [0, 0.1) is 15.9 Å². The maximum absolute atomic E-state index is 14.0. The molecule has 0 radical (unpaired) electrons. The van der Waals surface area contributed by atoms with Crippen molar-refractivity contribution in [2.45, 2.75) is 13.0 Å². The average Bonchev–Trinajstić information content (AvgIpc) is 2.42. The van der Waals surface area contributed by atoms with Crippen LogP contribution in [0.1, 0.15) is 18.5 Å². The maximum atomic E-state index is 14.0. The van der Waals surface area contributed by atoms with E-state index in [0.717, 1.165) is 0 Å². The van der Waals surface area contributed by atoms with E-state index in [1.165, 1.54) is 30.3 Å². The van der Waals surface area contributed by atoms with Crippen LogP contribution in [0.15, 0.2) is 40.9 Å². The Morgan fingerprint density at radius 2 is 2.00 bits per heavy atom. The third kappa shape index (κ3) is 3.20. The highest BCUT2D eigenvalue weighted by molar-refractivity contribution is 9.10. The lowest BCUT2D eigenvalue weighted by Gasteiger charge is -2.15. The van der Waals surface area contributed by atoms with E-state index in [2.05, 4.69) is 15.9 Å². The summed E-state index contributed by atoms with van der Waals surface area (Å²) in [6.07, 6.45) is 0. The summed E-state index contributed by atoms with van der Waals surface area (Å²) in [5.41, 5.74) is 6.11. The number of hydrogen-bond donors (Lipinski definition) is 1. The molecule has 1 atom stereocenters. The van der Waals surface area contributed by atoms with Gasteiger partial charge in [-0.2, -0.15) is 0 Å². The van der Waals surface area contributed by atoms with Crippen molar-refractivity contribution in [3.8, 4) is 11.5 Å². The molecule has 110 valence electrons. The third-order valence-electron chi connectivity index (χ3n) is 2.84. The predicted octanol–water partition coefficient (Wildman–Crippen LogP) is 4.31. The third-order valence-corrected chi connectivity index (χ3v) is 3.64. The maximum Gasteiger partial charge on any atom is 0.287 e. The first kappa shape index (κ1) is 15.4. The Labute approximate surface area is 128 Å². The fraction of sp³-hybridized carbons (Fsp3) is 0.143. The second-order valence-corrected chi connectivity index (χ2v) is 5.19. The van der Waals surface area contributed by atoms with Crippen molar-refractivity contribution in [1.82, 2.24) is 0 Å². The van der Waals surface area contributed by atoms with Crippen LogP contribution in [0.4, 0.5) is 10.1 Å². The highest BCUT2D eigenvalue weighted by Gasteiger charge is 2.19. The zero-order valence-corrected chi connectivity index (χ0v) is 12.6. The number of rotatable bonds is 4. The Morgan fingerprint density at radius 1 is 1.33 bits per heavy atom. The van der Waals surface area contributed by atoms with Gasteiger partial charge in [-0.25, -0.2) is 4.39 Å². The molecule has 0 bridgehead atoms. The van der Waals surface area contributed by atoms with Crippen LogP contribution in [0.25, 0.3) is 0 Å². The summed E-state index contributed by atoms with van der Waals surface area (Å²) in [6.45, 7) is 1.70. The first-order valence-corrected chi connectivity index (χ1v) is 6.86. The molecule has 0 aliphatic rings. The van der Waals surface area contributed by atoms with Crippen molar-refractivity contribution < 1.29 is 14.1 Å². The number of para-hydroxylation sites is 1. The Balaban J connectivity index is 2.49. The molecule has 2 rings (SSSR count). The van der Waals surface area contributed by atoms with Gasteiger partial charge in [0.25, 0.3) is 5.69 Å². The van der Waals surface area contributed by atoms with Crippen LogP contribution < -0.4 is 10.5 Å². The van der Waals surface area contributed by atoms with E-state index >= 15 is 0 Å². The summed E-state index contributed by atoms with van der Waals surface area (Å²) in [6, 6.07) is 8.28. The van der Waals surface area contributed by atoms with Gasteiger partial charge < -0.3 is 10.5 Å². The fourth-order valence-corrected chi connectivity index (χ4v) is 2.31. The number of ether oxygens (including phenoxy) is 1. The van der Waals surface area contributed by atoms with Crippen LogP contribution in [-0.4, -0.2) is 4.92 Å². The van der Waals surface area contributed by atoms with Gasteiger partial charge >= 0.3 is 0 Å². The van der Waals surface area contributed by atoms with Gasteiger partial charge in [0, 0.05) is 17.7 Å². The molecule has 0 saturated heterocycles. The molecule has 0 amide bonds. The van der Waals surface area contributed by atoms with E-state index < -0.39 is 16.8 Å². The number of halogens is 2. The second-order valence-electron chi connectivity index (χ2n) is 4.40. The van der Waals surface area contributed by atoms with E-state index in [1.54, 1.807) is 13.0 Å². The van der Waals surface area contributed by atoms with Gasteiger partial charge in [0.1, 0.15) is 10.2 Å². The van der Waals surface area contributed by atoms with Gasteiger partial charge in [-0.1, -0.05) is 18.2 Å². The SMILES string of the molecule is C[C@H](N)c1cccc(F)c1Oc1cccc([N+](=O)[O-])c1Br. The summed E-state index contributed by atoms with van der Waals surface area (Å²) >= 11 is 3.11. The van der Waals surface area contributed by atoms with E-state index in [-0.39, 0.29) is 21.7 Å². The van der Waals surface area contributed by atoms with Crippen molar-refractivity contribution in [1.29, 1.82) is 0 Å². The Morgan fingerprint density at radius 3 is 2.62 bits per heavy atom. The molecular formula is C14H12BrFN2O3. The zero-order valence-electron chi connectivity index (χ0n) is 11.0. The van der Waals surface area contributed by atoms with Crippen LogP contribution in [0.5, 0.6) is 11.5 Å². The van der Waals surface area contributed by atoms with Gasteiger partial charge in [0.05, 0.1) is 4.92 Å². The smallest absolute Gasteiger partial charge is 0.287 e. The molecule has 7 heteroatoms. The van der Waals surface area contributed by atoms with Gasteiger partial charge in [0.15, 0.2) is 11.6 Å². The van der Waals surface area contributed by atoms with E-state index in [9.17, 15) is 14.5 Å². The quantitative estimate of drug-likeness (QED) is 0.655. The lowest BCUT2D eigenvalue weighted by atomic mass is 10.1. The minimum atomic E-state index is -0.580.